The zero-order valence-corrected chi connectivity index (χ0v) is 14.7. The highest BCUT2D eigenvalue weighted by molar-refractivity contribution is 9.11. The van der Waals surface area contributed by atoms with Gasteiger partial charge in [0.05, 0.1) is 10.3 Å². The molecular weight excluding hydrogens is 364 g/mol. The smallest absolute Gasteiger partial charge is 0.315 e. The van der Waals surface area contributed by atoms with E-state index in [0.717, 1.165) is 27.1 Å². The summed E-state index contributed by atoms with van der Waals surface area (Å²) in [6.45, 7) is 2.52. The van der Waals surface area contributed by atoms with Gasteiger partial charge in [0, 0.05) is 10.9 Å². The Morgan fingerprint density at radius 3 is 2.64 bits per heavy atom. The summed E-state index contributed by atoms with van der Waals surface area (Å²) in [5.74, 6) is 0.273. The molecule has 0 bridgehead atoms. The number of carbonyl (C=O) groups excluding carboxylic acids is 1. The predicted molar refractivity (Wildman–Crippen MR) is 93.3 cm³/mol. The van der Waals surface area contributed by atoms with Crippen LogP contribution in [-0.4, -0.2) is 17.2 Å². The number of hydrogen-bond acceptors (Lipinski definition) is 3. The summed E-state index contributed by atoms with van der Waals surface area (Å²) in [7, 11) is 0. The number of urea groups is 1. The van der Waals surface area contributed by atoms with E-state index in [9.17, 15) is 9.90 Å². The van der Waals surface area contributed by atoms with Gasteiger partial charge in [-0.05, 0) is 65.5 Å². The maximum Gasteiger partial charge on any atom is 0.315 e. The number of phenolic OH excluding ortho intramolecular Hbond substituents is 1. The van der Waals surface area contributed by atoms with E-state index in [1.807, 2.05) is 31.2 Å². The Balaban J connectivity index is 1.68. The van der Waals surface area contributed by atoms with Gasteiger partial charge >= 0.3 is 6.03 Å². The Morgan fingerprint density at radius 1 is 1.27 bits per heavy atom. The first-order valence-corrected chi connectivity index (χ1v) is 8.70. The van der Waals surface area contributed by atoms with Gasteiger partial charge in [0.15, 0.2) is 0 Å². The summed E-state index contributed by atoms with van der Waals surface area (Å²) in [5.41, 5.74) is 1.15. The Hall–Kier alpha value is -1.53. The van der Waals surface area contributed by atoms with Gasteiger partial charge in [-0.3, -0.25) is 0 Å². The molecule has 4 nitrogen and oxygen atoms in total. The summed E-state index contributed by atoms with van der Waals surface area (Å²) >= 11 is 5.01. The second-order valence-corrected chi connectivity index (χ2v) is 7.69. The minimum Gasteiger partial charge on any atom is -0.508 e. The highest BCUT2D eigenvalue weighted by atomic mass is 79.9. The van der Waals surface area contributed by atoms with E-state index in [-0.39, 0.29) is 17.8 Å². The van der Waals surface area contributed by atoms with Gasteiger partial charge in [0.25, 0.3) is 0 Å². The SMILES string of the molecule is CC(CCc1ccc(O)cc1)NC(=O)NCc1ccc(Br)s1. The Morgan fingerprint density at radius 2 is 2.00 bits per heavy atom. The largest absolute Gasteiger partial charge is 0.508 e. The van der Waals surface area contributed by atoms with Gasteiger partial charge in [-0.1, -0.05) is 12.1 Å². The zero-order chi connectivity index (χ0) is 15.9. The van der Waals surface area contributed by atoms with Gasteiger partial charge in [-0.2, -0.15) is 0 Å². The van der Waals surface area contributed by atoms with E-state index in [0.29, 0.717) is 6.54 Å². The molecule has 0 spiro atoms. The van der Waals surface area contributed by atoms with Gasteiger partial charge < -0.3 is 15.7 Å². The van der Waals surface area contributed by atoms with E-state index < -0.39 is 0 Å². The first-order valence-electron chi connectivity index (χ1n) is 7.09. The second-order valence-electron chi connectivity index (χ2n) is 5.14. The molecule has 1 aromatic heterocycles. The number of rotatable bonds is 6. The molecule has 0 saturated carbocycles. The summed E-state index contributed by atoms with van der Waals surface area (Å²) in [6, 6.07) is 11.1. The summed E-state index contributed by atoms with van der Waals surface area (Å²) in [5, 5.41) is 15.0. The van der Waals surface area contributed by atoms with Crippen LogP contribution in [0.2, 0.25) is 0 Å². The van der Waals surface area contributed by atoms with Crippen LogP contribution in [0.5, 0.6) is 5.75 Å². The highest BCUT2D eigenvalue weighted by Crippen LogP contribution is 2.21. The van der Waals surface area contributed by atoms with E-state index in [1.54, 1.807) is 23.5 Å². The van der Waals surface area contributed by atoms with Crippen molar-refractivity contribution in [1.82, 2.24) is 10.6 Å². The molecular formula is C16H19BrN2O2S. The Kier molecular flexibility index (Phi) is 6.27. The molecule has 0 radical (unpaired) electrons. The number of aryl methyl sites for hydroxylation is 1. The molecule has 118 valence electrons. The summed E-state index contributed by atoms with van der Waals surface area (Å²) in [6.07, 6.45) is 1.71. The molecule has 22 heavy (non-hydrogen) atoms. The van der Waals surface area contributed by atoms with Crippen LogP contribution in [-0.2, 0) is 13.0 Å². The molecule has 2 aromatic rings. The van der Waals surface area contributed by atoms with Crippen LogP contribution < -0.4 is 10.6 Å². The highest BCUT2D eigenvalue weighted by Gasteiger charge is 2.08. The molecule has 1 unspecified atom stereocenters. The van der Waals surface area contributed by atoms with Crippen molar-refractivity contribution in [3.05, 3.63) is 50.6 Å². The maximum absolute atomic E-state index is 11.8. The lowest BCUT2D eigenvalue weighted by atomic mass is 10.1. The number of carbonyl (C=O) groups is 1. The Labute approximate surface area is 142 Å². The minimum atomic E-state index is -0.150. The first kappa shape index (κ1) is 16.8. The number of halogens is 1. The lowest BCUT2D eigenvalue weighted by molar-refractivity contribution is 0.237. The molecule has 0 aliphatic heterocycles. The number of nitrogens with one attached hydrogen (secondary N) is 2. The fourth-order valence-corrected chi connectivity index (χ4v) is 3.43. The monoisotopic (exact) mass is 382 g/mol. The molecule has 0 aliphatic rings. The quantitative estimate of drug-likeness (QED) is 0.705. The maximum atomic E-state index is 11.8. The van der Waals surface area contributed by atoms with Crippen molar-refractivity contribution in [3.63, 3.8) is 0 Å². The van der Waals surface area contributed by atoms with E-state index in [1.165, 1.54) is 0 Å². The number of amides is 2. The van der Waals surface area contributed by atoms with Crippen molar-refractivity contribution < 1.29 is 9.90 Å². The molecule has 0 saturated heterocycles. The number of benzene rings is 1. The average Bonchev–Trinajstić information content (AvgIpc) is 2.90. The second kappa shape index (κ2) is 8.19. The van der Waals surface area contributed by atoms with Crippen LogP contribution in [0.4, 0.5) is 4.79 Å². The molecule has 1 heterocycles. The van der Waals surface area contributed by atoms with Gasteiger partial charge in [0.1, 0.15) is 5.75 Å². The third kappa shape index (κ3) is 5.69. The van der Waals surface area contributed by atoms with Gasteiger partial charge in [-0.15, -0.1) is 11.3 Å². The van der Waals surface area contributed by atoms with E-state index >= 15 is 0 Å². The van der Waals surface area contributed by atoms with Crippen molar-refractivity contribution in [2.75, 3.05) is 0 Å². The van der Waals surface area contributed by atoms with Crippen LogP contribution in [0, 0.1) is 0 Å². The summed E-state index contributed by atoms with van der Waals surface area (Å²) < 4.78 is 1.06. The molecule has 2 amide bonds. The fourth-order valence-electron chi connectivity index (χ4n) is 2.01. The topological polar surface area (TPSA) is 61.4 Å². The third-order valence-electron chi connectivity index (χ3n) is 3.23. The standard InChI is InChI=1S/C16H19BrN2O2S/c1-11(2-3-12-4-6-13(20)7-5-12)19-16(21)18-10-14-8-9-15(17)22-14/h4-9,11,20H,2-3,10H2,1H3,(H2,18,19,21). The van der Waals surface area contributed by atoms with Crippen LogP contribution in [0.25, 0.3) is 0 Å². The molecule has 1 aromatic carbocycles. The molecule has 6 heteroatoms. The van der Waals surface area contributed by atoms with Crippen LogP contribution >= 0.6 is 27.3 Å². The average molecular weight is 383 g/mol. The fraction of sp³-hybridized carbons (Fsp3) is 0.312. The molecule has 3 N–H and O–H groups in total. The zero-order valence-electron chi connectivity index (χ0n) is 12.3. The van der Waals surface area contributed by atoms with Gasteiger partial charge in [0.2, 0.25) is 0 Å². The van der Waals surface area contributed by atoms with E-state index in [2.05, 4.69) is 26.6 Å². The minimum absolute atomic E-state index is 0.0869. The lowest BCUT2D eigenvalue weighted by Crippen LogP contribution is -2.40. The van der Waals surface area contributed by atoms with Crippen LogP contribution in [0.3, 0.4) is 0 Å². The lowest BCUT2D eigenvalue weighted by Gasteiger charge is -2.14. The van der Waals surface area contributed by atoms with Crippen molar-refractivity contribution in [2.45, 2.75) is 32.4 Å². The Bertz CT molecular complexity index is 613. The number of phenols is 1. The van der Waals surface area contributed by atoms with E-state index in [4.69, 9.17) is 0 Å². The van der Waals surface area contributed by atoms with Gasteiger partial charge in [-0.25, -0.2) is 4.79 Å². The number of hydrogen-bond donors (Lipinski definition) is 3. The van der Waals surface area contributed by atoms with Crippen LogP contribution in [0.1, 0.15) is 23.8 Å². The van der Waals surface area contributed by atoms with Crippen LogP contribution in [0.15, 0.2) is 40.2 Å². The molecule has 0 fully saturated rings. The molecule has 0 aliphatic carbocycles. The first-order chi connectivity index (χ1) is 10.5. The predicted octanol–water partition coefficient (Wildman–Crippen LogP) is 4.04. The van der Waals surface area contributed by atoms with Crippen molar-refractivity contribution in [1.29, 1.82) is 0 Å². The van der Waals surface area contributed by atoms with Crippen molar-refractivity contribution in [2.24, 2.45) is 0 Å². The molecule has 1 atom stereocenters. The number of aromatic hydroxyl groups is 1. The summed E-state index contributed by atoms with van der Waals surface area (Å²) in [4.78, 5) is 12.9. The normalized spacial score (nSPS) is 11.9. The third-order valence-corrected chi connectivity index (χ3v) is 4.86. The van der Waals surface area contributed by atoms with Crippen molar-refractivity contribution in [3.8, 4) is 5.75 Å². The van der Waals surface area contributed by atoms with Crippen molar-refractivity contribution >= 4 is 33.3 Å². The number of thiophene rings is 1. The molecule has 2 rings (SSSR count).